The Morgan fingerprint density at radius 2 is 1.79 bits per heavy atom. The molecule has 2 aromatic rings. The lowest BCUT2D eigenvalue weighted by Crippen LogP contribution is -2.63. The number of carbonyl (C=O) groups is 3. The monoisotopic (exact) mass is 395 g/mol. The van der Waals surface area contributed by atoms with Crippen LogP contribution < -0.4 is 11.1 Å². The number of amides is 3. The molecule has 0 saturated carbocycles. The molecule has 0 spiro atoms. The highest BCUT2D eigenvalue weighted by atomic mass is 16.2. The number of carbonyl (C=O) groups excluding carboxylic acids is 3. The average Bonchev–Trinajstić information content (AvgIpc) is 2.76. The van der Waals surface area contributed by atoms with Crippen LogP contribution in [0.3, 0.4) is 0 Å². The fraction of sp³-hybridized carbons (Fsp3) is 0.333. The lowest BCUT2D eigenvalue weighted by atomic mass is 10.1. The van der Waals surface area contributed by atoms with E-state index in [-0.39, 0.29) is 24.9 Å². The Kier molecular flexibility index (Phi) is 6.56. The van der Waals surface area contributed by atoms with Crippen molar-refractivity contribution in [1.82, 2.24) is 20.1 Å². The van der Waals surface area contributed by atoms with Crippen molar-refractivity contribution >= 4 is 17.7 Å². The Hall–Kier alpha value is -3.26. The Balaban J connectivity index is 1.94. The van der Waals surface area contributed by atoms with E-state index in [1.807, 2.05) is 13.0 Å². The molecule has 3 amide bonds. The van der Waals surface area contributed by atoms with E-state index in [0.717, 1.165) is 5.56 Å². The molecule has 1 aromatic heterocycles. The molecule has 1 aliphatic heterocycles. The van der Waals surface area contributed by atoms with Crippen LogP contribution in [-0.4, -0.2) is 64.9 Å². The highest BCUT2D eigenvalue weighted by Gasteiger charge is 2.40. The van der Waals surface area contributed by atoms with Crippen LogP contribution in [-0.2, 0) is 4.79 Å². The number of nitrogens with two attached hydrogens (primary N) is 1. The molecule has 0 radical (unpaired) electrons. The van der Waals surface area contributed by atoms with Crippen molar-refractivity contribution < 1.29 is 14.4 Å². The first kappa shape index (κ1) is 20.5. The first-order chi connectivity index (χ1) is 14.0. The number of aryl methyl sites for hydroxylation is 1. The van der Waals surface area contributed by atoms with Crippen molar-refractivity contribution in [2.75, 3.05) is 26.2 Å². The van der Waals surface area contributed by atoms with Crippen LogP contribution in [0.5, 0.6) is 0 Å². The second-order valence-electron chi connectivity index (χ2n) is 6.92. The Morgan fingerprint density at radius 1 is 1.10 bits per heavy atom. The quantitative estimate of drug-likeness (QED) is 0.778. The van der Waals surface area contributed by atoms with Crippen molar-refractivity contribution in [2.45, 2.75) is 19.5 Å². The van der Waals surface area contributed by atoms with Gasteiger partial charge in [0, 0.05) is 44.1 Å². The summed E-state index contributed by atoms with van der Waals surface area (Å²) in [5.41, 5.74) is 7.31. The van der Waals surface area contributed by atoms with E-state index < -0.39 is 12.1 Å². The van der Waals surface area contributed by atoms with Gasteiger partial charge in [-0.25, -0.2) is 0 Å². The molecule has 1 aliphatic rings. The summed E-state index contributed by atoms with van der Waals surface area (Å²) >= 11 is 0. The SMILES string of the molecule is Cc1cccc(C(=O)N2CCCN(C(=O)c3cccnc3)C2C(=O)NCCN)c1. The van der Waals surface area contributed by atoms with E-state index in [0.29, 0.717) is 30.6 Å². The standard InChI is InChI=1S/C21H25N5O3/c1-15-5-2-6-16(13-15)20(28)25-11-4-12-26(19(25)18(27)24-10-8-22)21(29)17-7-3-9-23-14-17/h2-3,5-7,9,13-14,19H,4,8,10-12,22H2,1H3,(H,24,27). The van der Waals surface area contributed by atoms with Gasteiger partial charge in [0.2, 0.25) is 0 Å². The highest BCUT2D eigenvalue weighted by molar-refractivity contribution is 6.01. The summed E-state index contributed by atoms with van der Waals surface area (Å²) in [7, 11) is 0. The van der Waals surface area contributed by atoms with Crippen molar-refractivity contribution in [3.63, 3.8) is 0 Å². The second-order valence-corrected chi connectivity index (χ2v) is 6.92. The van der Waals surface area contributed by atoms with Crippen molar-refractivity contribution in [3.05, 3.63) is 65.5 Å². The van der Waals surface area contributed by atoms with Gasteiger partial charge in [-0.2, -0.15) is 0 Å². The Morgan fingerprint density at radius 3 is 2.41 bits per heavy atom. The summed E-state index contributed by atoms with van der Waals surface area (Å²) in [6, 6.07) is 10.5. The van der Waals surface area contributed by atoms with E-state index in [9.17, 15) is 14.4 Å². The van der Waals surface area contributed by atoms with Crippen LogP contribution in [0.1, 0.15) is 32.7 Å². The zero-order valence-corrected chi connectivity index (χ0v) is 16.4. The maximum absolute atomic E-state index is 13.2. The molecule has 3 rings (SSSR count). The largest absolute Gasteiger partial charge is 0.351 e. The number of hydrogen-bond donors (Lipinski definition) is 2. The maximum Gasteiger partial charge on any atom is 0.263 e. The Bertz CT molecular complexity index is 887. The van der Waals surface area contributed by atoms with Gasteiger partial charge in [-0.15, -0.1) is 0 Å². The summed E-state index contributed by atoms with van der Waals surface area (Å²) in [6.45, 7) is 3.17. The van der Waals surface area contributed by atoms with Crippen molar-refractivity contribution in [3.8, 4) is 0 Å². The molecule has 1 fully saturated rings. The molecule has 152 valence electrons. The smallest absolute Gasteiger partial charge is 0.263 e. The fourth-order valence-corrected chi connectivity index (χ4v) is 3.42. The first-order valence-electron chi connectivity index (χ1n) is 9.59. The van der Waals surface area contributed by atoms with Crippen LogP contribution in [0.25, 0.3) is 0 Å². The summed E-state index contributed by atoms with van der Waals surface area (Å²) in [5.74, 6) is -1.05. The lowest BCUT2D eigenvalue weighted by molar-refractivity contribution is -0.132. The normalized spacial score (nSPS) is 16.4. The molecule has 29 heavy (non-hydrogen) atoms. The Labute approximate surface area is 169 Å². The van der Waals surface area contributed by atoms with Crippen LogP contribution in [0.4, 0.5) is 0 Å². The topological polar surface area (TPSA) is 109 Å². The van der Waals surface area contributed by atoms with Gasteiger partial charge in [0.05, 0.1) is 5.56 Å². The third-order valence-corrected chi connectivity index (χ3v) is 4.76. The van der Waals surface area contributed by atoms with E-state index in [2.05, 4.69) is 10.3 Å². The van der Waals surface area contributed by atoms with Gasteiger partial charge in [-0.3, -0.25) is 19.4 Å². The van der Waals surface area contributed by atoms with E-state index in [4.69, 9.17) is 5.73 Å². The van der Waals surface area contributed by atoms with Gasteiger partial charge >= 0.3 is 0 Å². The summed E-state index contributed by atoms with van der Waals surface area (Å²) in [5, 5.41) is 2.72. The number of aromatic nitrogens is 1. The van der Waals surface area contributed by atoms with Gasteiger partial charge in [0.25, 0.3) is 17.7 Å². The molecule has 3 N–H and O–H groups in total. The minimum Gasteiger partial charge on any atom is -0.351 e. The van der Waals surface area contributed by atoms with Gasteiger partial charge < -0.3 is 20.9 Å². The second kappa shape index (κ2) is 9.29. The van der Waals surface area contributed by atoms with Crippen LogP contribution in [0, 0.1) is 6.92 Å². The molecule has 2 heterocycles. The number of nitrogens with one attached hydrogen (secondary N) is 1. The summed E-state index contributed by atoms with van der Waals surface area (Å²) < 4.78 is 0. The number of hydrogen-bond acceptors (Lipinski definition) is 5. The zero-order valence-electron chi connectivity index (χ0n) is 16.4. The molecule has 1 saturated heterocycles. The molecule has 1 unspecified atom stereocenters. The lowest BCUT2D eigenvalue weighted by Gasteiger charge is -2.42. The van der Waals surface area contributed by atoms with Crippen LogP contribution >= 0.6 is 0 Å². The van der Waals surface area contributed by atoms with E-state index >= 15 is 0 Å². The van der Waals surface area contributed by atoms with Gasteiger partial charge in [0.15, 0.2) is 6.17 Å². The average molecular weight is 395 g/mol. The number of rotatable bonds is 5. The first-order valence-corrected chi connectivity index (χ1v) is 9.59. The predicted molar refractivity (Wildman–Crippen MR) is 108 cm³/mol. The minimum absolute atomic E-state index is 0.261. The molecule has 8 heteroatoms. The zero-order chi connectivity index (χ0) is 20.8. The fourth-order valence-electron chi connectivity index (χ4n) is 3.42. The highest BCUT2D eigenvalue weighted by Crippen LogP contribution is 2.21. The van der Waals surface area contributed by atoms with Crippen molar-refractivity contribution in [2.24, 2.45) is 5.73 Å². The van der Waals surface area contributed by atoms with Crippen molar-refractivity contribution in [1.29, 1.82) is 0 Å². The molecule has 8 nitrogen and oxygen atoms in total. The molecule has 0 aliphatic carbocycles. The minimum atomic E-state index is -1.05. The van der Waals surface area contributed by atoms with Gasteiger partial charge in [0.1, 0.15) is 0 Å². The van der Waals surface area contributed by atoms with E-state index in [1.165, 1.54) is 16.0 Å². The summed E-state index contributed by atoms with van der Waals surface area (Å²) in [6.07, 6.45) is 2.56. The molecule has 1 aromatic carbocycles. The van der Waals surface area contributed by atoms with Gasteiger partial charge in [-0.05, 0) is 37.6 Å². The molecule has 0 bridgehead atoms. The number of nitrogens with zero attached hydrogens (tertiary/aromatic N) is 3. The molecule has 1 atom stereocenters. The van der Waals surface area contributed by atoms with Crippen LogP contribution in [0.15, 0.2) is 48.8 Å². The van der Waals surface area contributed by atoms with Crippen LogP contribution in [0.2, 0.25) is 0 Å². The number of benzene rings is 1. The summed E-state index contributed by atoms with van der Waals surface area (Å²) in [4.78, 5) is 46.1. The predicted octanol–water partition coefficient (Wildman–Crippen LogP) is 0.779. The molecular formula is C21H25N5O3. The molecular weight excluding hydrogens is 370 g/mol. The maximum atomic E-state index is 13.2. The third kappa shape index (κ3) is 4.60. The van der Waals surface area contributed by atoms with E-state index in [1.54, 1.807) is 36.5 Å². The number of pyridine rings is 1. The van der Waals surface area contributed by atoms with Gasteiger partial charge in [-0.1, -0.05) is 17.7 Å². The third-order valence-electron chi connectivity index (χ3n) is 4.76.